The van der Waals surface area contributed by atoms with Crippen LogP contribution in [0, 0.1) is 17.3 Å². The lowest BCUT2D eigenvalue weighted by Gasteiger charge is -2.11. The normalized spacial score (nSPS) is 10.7. The maximum Gasteiger partial charge on any atom is 0.488 e. The first-order chi connectivity index (χ1) is 10.8. The van der Waals surface area contributed by atoms with Crippen LogP contribution in [0.25, 0.3) is 0 Å². The van der Waals surface area contributed by atoms with E-state index in [0.29, 0.717) is 23.4 Å². The quantitative estimate of drug-likeness (QED) is 0.673. The molecule has 4 heteroatoms. The standard InChI is InChI=1S/C19H21BO3/c1-19(2,3)12-11-16-13-17(20(21)22)9-10-18(16)23-14-15-7-5-4-6-8-15/h4-10,13,21-22H,14H2,1-3H3. The zero-order valence-electron chi connectivity index (χ0n) is 13.7. The third-order valence-corrected chi connectivity index (χ3v) is 3.11. The molecule has 0 atom stereocenters. The minimum atomic E-state index is -1.52. The number of benzene rings is 2. The smallest absolute Gasteiger partial charge is 0.488 e. The van der Waals surface area contributed by atoms with Crippen molar-refractivity contribution in [1.29, 1.82) is 0 Å². The van der Waals surface area contributed by atoms with Gasteiger partial charge in [0.2, 0.25) is 0 Å². The molecule has 0 amide bonds. The summed E-state index contributed by atoms with van der Waals surface area (Å²) in [6.07, 6.45) is 0. The summed E-state index contributed by atoms with van der Waals surface area (Å²) < 4.78 is 5.86. The SMILES string of the molecule is CC(C)(C)C#Cc1cc(B(O)O)ccc1OCc1ccccc1. The molecule has 0 bridgehead atoms. The summed E-state index contributed by atoms with van der Waals surface area (Å²) in [4.78, 5) is 0. The third kappa shape index (κ3) is 5.48. The molecule has 0 saturated carbocycles. The van der Waals surface area contributed by atoms with Gasteiger partial charge in [-0.3, -0.25) is 0 Å². The fourth-order valence-electron chi connectivity index (χ4n) is 1.92. The minimum absolute atomic E-state index is 0.148. The van der Waals surface area contributed by atoms with Crippen molar-refractivity contribution in [3.63, 3.8) is 0 Å². The largest absolute Gasteiger partial charge is 0.488 e. The number of hydrogen-bond donors (Lipinski definition) is 2. The Balaban J connectivity index is 2.28. The molecule has 0 aliphatic carbocycles. The average Bonchev–Trinajstić information content (AvgIpc) is 2.51. The lowest BCUT2D eigenvalue weighted by Crippen LogP contribution is -2.29. The second-order valence-electron chi connectivity index (χ2n) is 6.40. The maximum atomic E-state index is 9.34. The second kappa shape index (κ2) is 7.37. The highest BCUT2D eigenvalue weighted by Gasteiger charge is 2.14. The highest BCUT2D eigenvalue weighted by atomic mass is 16.5. The number of ether oxygens (including phenoxy) is 1. The summed E-state index contributed by atoms with van der Waals surface area (Å²) >= 11 is 0. The fourth-order valence-corrected chi connectivity index (χ4v) is 1.92. The van der Waals surface area contributed by atoms with Gasteiger partial charge in [-0.25, -0.2) is 0 Å². The van der Waals surface area contributed by atoms with Gasteiger partial charge in [-0.1, -0.05) is 48.2 Å². The van der Waals surface area contributed by atoms with Crippen LogP contribution in [-0.4, -0.2) is 17.2 Å². The highest BCUT2D eigenvalue weighted by Crippen LogP contribution is 2.19. The molecule has 0 unspecified atom stereocenters. The van der Waals surface area contributed by atoms with Gasteiger partial charge in [0.15, 0.2) is 0 Å². The predicted molar refractivity (Wildman–Crippen MR) is 93.4 cm³/mol. The molecule has 0 spiro atoms. The van der Waals surface area contributed by atoms with Crippen LogP contribution in [-0.2, 0) is 6.61 Å². The molecule has 0 aromatic heterocycles. The van der Waals surface area contributed by atoms with Crippen molar-refractivity contribution in [2.45, 2.75) is 27.4 Å². The van der Waals surface area contributed by atoms with Crippen molar-refractivity contribution >= 4 is 12.6 Å². The summed E-state index contributed by atoms with van der Waals surface area (Å²) in [5, 5.41) is 18.7. The first-order valence-corrected chi connectivity index (χ1v) is 7.55. The molecule has 0 heterocycles. The molecular weight excluding hydrogens is 287 g/mol. The van der Waals surface area contributed by atoms with Crippen LogP contribution in [0.2, 0.25) is 0 Å². The molecule has 0 aliphatic rings. The first kappa shape index (κ1) is 17.1. The minimum Gasteiger partial charge on any atom is -0.488 e. The van der Waals surface area contributed by atoms with E-state index in [1.807, 2.05) is 51.1 Å². The average molecular weight is 308 g/mol. The van der Waals surface area contributed by atoms with Gasteiger partial charge < -0.3 is 14.8 Å². The van der Waals surface area contributed by atoms with E-state index in [4.69, 9.17) is 4.74 Å². The molecule has 2 aromatic rings. The Morgan fingerprint density at radius 1 is 1.04 bits per heavy atom. The van der Waals surface area contributed by atoms with Crippen LogP contribution in [0.15, 0.2) is 48.5 Å². The van der Waals surface area contributed by atoms with Crippen molar-refractivity contribution in [2.75, 3.05) is 0 Å². The van der Waals surface area contributed by atoms with Crippen molar-refractivity contribution in [3.8, 4) is 17.6 Å². The lowest BCUT2D eigenvalue weighted by atomic mass is 9.79. The highest BCUT2D eigenvalue weighted by molar-refractivity contribution is 6.58. The predicted octanol–water partition coefficient (Wildman–Crippen LogP) is 2.34. The summed E-state index contributed by atoms with van der Waals surface area (Å²) in [5.74, 6) is 6.87. The summed E-state index contributed by atoms with van der Waals surface area (Å²) in [7, 11) is -1.52. The Labute approximate surface area is 138 Å². The number of rotatable bonds is 4. The lowest BCUT2D eigenvalue weighted by molar-refractivity contribution is 0.305. The van der Waals surface area contributed by atoms with E-state index < -0.39 is 7.12 Å². The van der Waals surface area contributed by atoms with Gasteiger partial charge in [-0.05, 0) is 43.9 Å². The van der Waals surface area contributed by atoms with Crippen LogP contribution in [0.4, 0.5) is 0 Å². The zero-order valence-corrected chi connectivity index (χ0v) is 13.7. The summed E-state index contributed by atoms with van der Waals surface area (Å²) in [6.45, 7) is 6.51. The van der Waals surface area contributed by atoms with Gasteiger partial charge in [-0.15, -0.1) is 0 Å². The van der Waals surface area contributed by atoms with Gasteiger partial charge in [0, 0.05) is 5.41 Å². The van der Waals surface area contributed by atoms with E-state index in [2.05, 4.69) is 11.8 Å². The molecule has 23 heavy (non-hydrogen) atoms. The molecule has 2 N–H and O–H groups in total. The molecule has 3 nitrogen and oxygen atoms in total. The topological polar surface area (TPSA) is 49.7 Å². The number of hydrogen-bond acceptors (Lipinski definition) is 3. The summed E-state index contributed by atoms with van der Waals surface area (Å²) in [5.41, 5.74) is 1.97. The van der Waals surface area contributed by atoms with Crippen LogP contribution in [0.3, 0.4) is 0 Å². The van der Waals surface area contributed by atoms with Crippen molar-refractivity contribution in [1.82, 2.24) is 0 Å². The molecular formula is C19H21BO3. The Bertz CT molecular complexity index is 707. The van der Waals surface area contributed by atoms with E-state index in [1.54, 1.807) is 18.2 Å². The van der Waals surface area contributed by atoms with E-state index in [9.17, 15) is 10.0 Å². The Hall–Kier alpha value is -2.22. The van der Waals surface area contributed by atoms with Crippen LogP contribution >= 0.6 is 0 Å². The molecule has 0 radical (unpaired) electrons. The van der Waals surface area contributed by atoms with E-state index in [-0.39, 0.29) is 5.41 Å². The first-order valence-electron chi connectivity index (χ1n) is 7.55. The Morgan fingerprint density at radius 3 is 2.35 bits per heavy atom. The Morgan fingerprint density at radius 2 is 1.74 bits per heavy atom. The monoisotopic (exact) mass is 308 g/mol. The Kier molecular flexibility index (Phi) is 5.49. The van der Waals surface area contributed by atoms with E-state index in [0.717, 1.165) is 5.56 Å². The van der Waals surface area contributed by atoms with Gasteiger partial charge in [0.25, 0.3) is 0 Å². The molecule has 118 valence electrons. The van der Waals surface area contributed by atoms with E-state index in [1.165, 1.54) is 0 Å². The maximum absolute atomic E-state index is 9.34. The van der Waals surface area contributed by atoms with Gasteiger partial charge in [0.1, 0.15) is 12.4 Å². The van der Waals surface area contributed by atoms with Crippen molar-refractivity contribution in [3.05, 3.63) is 59.7 Å². The van der Waals surface area contributed by atoms with Crippen molar-refractivity contribution in [2.24, 2.45) is 5.41 Å². The van der Waals surface area contributed by atoms with Gasteiger partial charge in [0.05, 0.1) is 5.56 Å². The molecule has 2 rings (SSSR count). The summed E-state index contributed by atoms with van der Waals surface area (Å²) in [6, 6.07) is 14.9. The van der Waals surface area contributed by atoms with Crippen LogP contribution in [0.5, 0.6) is 5.75 Å². The molecule has 0 fully saturated rings. The molecule has 2 aromatic carbocycles. The van der Waals surface area contributed by atoms with Gasteiger partial charge >= 0.3 is 7.12 Å². The second-order valence-corrected chi connectivity index (χ2v) is 6.40. The van der Waals surface area contributed by atoms with Crippen molar-refractivity contribution < 1.29 is 14.8 Å². The van der Waals surface area contributed by atoms with Crippen LogP contribution in [0.1, 0.15) is 31.9 Å². The van der Waals surface area contributed by atoms with Crippen LogP contribution < -0.4 is 10.2 Å². The van der Waals surface area contributed by atoms with E-state index >= 15 is 0 Å². The zero-order chi connectivity index (χ0) is 16.9. The molecule has 0 aliphatic heterocycles. The fraction of sp³-hybridized carbons (Fsp3) is 0.263. The third-order valence-electron chi connectivity index (χ3n) is 3.11. The van der Waals surface area contributed by atoms with Gasteiger partial charge in [-0.2, -0.15) is 0 Å². The molecule has 0 saturated heterocycles.